The van der Waals surface area contributed by atoms with Crippen LogP contribution in [0, 0.1) is 0 Å². The third-order valence-electron chi connectivity index (χ3n) is 4.06. The standard InChI is InChI=1S/C21H20N2O4S2/c1-27-16-7-9-17(10-8-16)28-14-19(24)22-11-12-23-20(25)18(29-21(23)26)13-15-5-3-2-4-6-15/h2-10,13H,11-12,14H2,1H3,(H,22,24)/b18-13-. The highest BCUT2D eigenvalue weighted by molar-refractivity contribution is 8.18. The maximum Gasteiger partial charge on any atom is 0.293 e. The molecule has 2 aromatic carbocycles. The van der Waals surface area contributed by atoms with Gasteiger partial charge >= 0.3 is 0 Å². The van der Waals surface area contributed by atoms with E-state index in [1.165, 1.54) is 11.8 Å². The Morgan fingerprint density at radius 3 is 2.55 bits per heavy atom. The van der Waals surface area contributed by atoms with Crippen LogP contribution in [0.4, 0.5) is 4.79 Å². The van der Waals surface area contributed by atoms with Gasteiger partial charge in [0.2, 0.25) is 5.91 Å². The molecule has 0 spiro atoms. The first kappa shape index (κ1) is 21.0. The molecular weight excluding hydrogens is 408 g/mol. The van der Waals surface area contributed by atoms with Gasteiger partial charge in [0.05, 0.1) is 17.8 Å². The summed E-state index contributed by atoms with van der Waals surface area (Å²) in [5.41, 5.74) is 0.863. The molecule has 0 unspecified atom stereocenters. The van der Waals surface area contributed by atoms with Crippen molar-refractivity contribution in [3.05, 3.63) is 65.1 Å². The number of carbonyl (C=O) groups is 3. The number of rotatable bonds is 8. The molecule has 6 nitrogen and oxygen atoms in total. The van der Waals surface area contributed by atoms with Gasteiger partial charge in [-0.05, 0) is 47.7 Å². The molecule has 1 aliphatic rings. The fraction of sp³-hybridized carbons (Fsp3) is 0.190. The number of carbonyl (C=O) groups excluding carboxylic acids is 3. The summed E-state index contributed by atoms with van der Waals surface area (Å²) in [7, 11) is 1.60. The second kappa shape index (κ2) is 10.2. The molecule has 150 valence electrons. The van der Waals surface area contributed by atoms with E-state index in [1.807, 2.05) is 54.6 Å². The zero-order valence-electron chi connectivity index (χ0n) is 15.8. The average Bonchev–Trinajstić information content (AvgIpc) is 3.00. The highest BCUT2D eigenvalue weighted by Crippen LogP contribution is 2.31. The minimum atomic E-state index is -0.328. The Bertz CT molecular complexity index is 914. The van der Waals surface area contributed by atoms with Crippen LogP contribution >= 0.6 is 23.5 Å². The van der Waals surface area contributed by atoms with Gasteiger partial charge in [0.15, 0.2) is 0 Å². The second-order valence-corrected chi connectivity index (χ2v) is 8.10. The Morgan fingerprint density at radius 1 is 1.14 bits per heavy atom. The molecular formula is C21H20N2O4S2. The molecule has 29 heavy (non-hydrogen) atoms. The third kappa shape index (κ3) is 5.88. The first-order valence-corrected chi connectivity index (χ1v) is 10.7. The third-order valence-corrected chi connectivity index (χ3v) is 5.98. The van der Waals surface area contributed by atoms with E-state index in [1.54, 1.807) is 13.2 Å². The molecule has 0 atom stereocenters. The lowest BCUT2D eigenvalue weighted by Crippen LogP contribution is -2.37. The highest BCUT2D eigenvalue weighted by Gasteiger charge is 2.34. The lowest BCUT2D eigenvalue weighted by Gasteiger charge is -2.13. The van der Waals surface area contributed by atoms with Gasteiger partial charge in [0.25, 0.3) is 11.1 Å². The molecule has 1 N–H and O–H groups in total. The largest absolute Gasteiger partial charge is 0.497 e. The van der Waals surface area contributed by atoms with Crippen molar-refractivity contribution in [1.82, 2.24) is 10.2 Å². The van der Waals surface area contributed by atoms with Gasteiger partial charge < -0.3 is 10.1 Å². The van der Waals surface area contributed by atoms with Crippen LogP contribution in [0.2, 0.25) is 0 Å². The summed E-state index contributed by atoms with van der Waals surface area (Å²) < 4.78 is 5.10. The van der Waals surface area contributed by atoms with E-state index in [4.69, 9.17) is 4.74 Å². The van der Waals surface area contributed by atoms with Gasteiger partial charge in [-0.1, -0.05) is 30.3 Å². The van der Waals surface area contributed by atoms with E-state index in [-0.39, 0.29) is 35.9 Å². The van der Waals surface area contributed by atoms with Crippen molar-refractivity contribution < 1.29 is 19.1 Å². The molecule has 1 saturated heterocycles. The lowest BCUT2D eigenvalue weighted by atomic mass is 10.2. The van der Waals surface area contributed by atoms with Crippen molar-refractivity contribution in [1.29, 1.82) is 0 Å². The number of nitrogens with one attached hydrogen (secondary N) is 1. The fourth-order valence-electron chi connectivity index (χ4n) is 2.57. The zero-order valence-corrected chi connectivity index (χ0v) is 17.4. The van der Waals surface area contributed by atoms with Crippen molar-refractivity contribution in [2.45, 2.75) is 4.90 Å². The number of benzene rings is 2. The smallest absolute Gasteiger partial charge is 0.293 e. The number of thioether (sulfide) groups is 2. The Morgan fingerprint density at radius 2 is 1.86 bits per heavy atom. The van der Waals surface area contributed by atoms with Crippen LogP contribution in [0.3, 0.4) is 0 Å². The van der Waals surface area contributed by atoms with Crippen LogP contribution < -0.4 is 10.1 Å². The molecule has 3 rings (SSSR count). The first-order valence-electron chi connectivity index (χ1n) is 8.91. The maximum absolute atomic E-state index is 12.4. The van der Waals surface area contributed by atoms with E-state index < -0.39 is 0 Å². The monoisotopic (exact) mass is 428 g/mol. The topological polar surface area (TPSA) is 75.7 Å². The van der Waals surface area contributed by atoms with E-state index in [2.05, 4.69) is 5.32 Å². The predicted molar refractivity (Wildman–Crippen MR) is 116 cm³/mol. The van der Waals surface area contributed by atoms with Crippen molar-refractivity contribution in [3.63, 3.8) is 0 Å². The molecule has 1 heterocycles. The quantitative estimate of drug-likeness (QED) is 0.511. The molecule has 1 fully saturated rings. The van der Waals surface area contributed by atoms with Crippen molar-refractivity contribution >= 4 is 46.7 Å². The van der Waals surface area contributed by atoms with Crippen molar-refractivity contribution in [2.24, 2.45) is 0 Å². The molecule has 3 amide bonds. The summed E-state index contributed by atoms with van der Waals surface area (Å²) in [4.78, 5) is 39.1. The summed E-state index contributed by atoms with van der Waals surface area (Å²) in [6.07, 6.45) is 1.70. The maximum atomic E-state index is 12.4. The Balaban J connectivity index is 1.44. The van der Waals surface area contributed by atoms with Crippen LogP contribution in [-0.2, 0) is 9.59 Å². The normalized spacial score (nSPS) is 15.1. The van der Waals surface area contributed by atoms with Gasteiger partial charge in [-0.2, -0.15) is 0 Å². The number of ether oxygens (including phenoxy) is 1. The Hall–Kier alpha value is -2.71. The SMILES string of the molecule is COc1ccc(SCC(=O)NCCN2C(=O)S/C(=C\c3ccccc3)C2=O)cc1. The van der Waals surface area contributed by atoms with Crippen LogP contribution in [-0.4, -0.2) is 47.9 Å². The van der Waals surface area contributed by atoms with Crippen LogP contribution in [0.25, 0.3) is 6.08 Å². The summed E-state index contributed by atoms with van der Waals surface area (Å²) in [6, 6.07) is 16.8. The second-order valence-electron chi connectivity index (χ2n) is 6.06. The van der Waals surface area contributed by atoms with Crippen LogP contribution in [0.5, 0.6) is 5.75 Å². The van der Waals surface area contributed by atoms with Crippen molar-refractivity contribution in [3.8, 4) is 5.75 Å². The molecule has 0 aliphatic carbocycles. The summed E-state index contributed by atoms with van der Waals surface area (Å²) in [6.45, 7) is 0.369. The number of amides is 3. The number of hydrogen-bond acceptors (Lipinski definition) is 6. The zero-order chi connectivity index (χ0) is 20.6. The molecule has 0 saturated carbocycles. The van der Waals surface area contributed by atoms with E-state index in [0.717, 1.165) is 32.9 Å². The Labute approximate surface area is 177 Å². The van der Waals surface area contributed by atoms with Crippen LogP contribution in [0.15, 0.2) is 64.4 Å². The van der Waals surface area contributed by atoms with Crippen LogP contribution in [0.1, 0.15) is 5.56 Å². The minimum absolute atomic E-state index is 0.149. The molecule has 8 heteroatoms. The first-order chi connectivity index (χ1) is 14.1. The van der Waals surface area contributed by atoms with E-state index >= 15 is 0 Å². The highest BCUT2D eigenvalue weighted by atomic mass is 32.2. The van der Waals surface area contributed by atoms with Gasteiger partial charge in [-0.25, -0.2) is 0 Å². The lowest BCUT2D eigenvalue weighted by molar-refractivity contribution is -0.123. The number of imide groups is 1. The molecule has 2 aromatic rings. The predicted octanol–water partition coefficient (Wildman–Crippen LogP) is 3.64. The van der Waals surface area contributed by atoms with Gasteiger partial charge in [0, 0.05) is 18.0 Å². The van der Waals surface area contributed by atoms with Gasteiger partial charge in [-0.15, -0.1) is 11.8 Å². The number of nitrogens with zero attached hydrogens (tertiary/aromatic N) is 1. The average molecular weight is 429 g/mol. The number of methoxy groups -OCH3 is 1. The van der Waals surface area contributed by atoms with Crippen molar-refractivity contribution in [2.75, 3.05) is 26.0 Å². The summed E-state index contributed by atoms with van der Waals surface area (Å²) in [5.74, 6) is 0.530. The molecule has 0 aromatic heterocycles. The minimum Gasteiger partial charge on any atom is -0.497 e. The molecule has 1 aliphatic heterocycles. The summed E-state index contributed by atoms with van der Waals surface area (Å²) >= 11 is 2.32. The molecule has 0 radical (unpaired) electrons. The number of hydrogen-bond donors (Lipinski definition) is 1. The van der Waals surface area contributed by atoms with Gasteiger partial charge in [0.1, 0.15) is 5.75 Å². The van der Waals surface area contributed by atoms with E-state index in [9.17, 15) is 14.4 Å². The molecule has 0 bridgehead atoms. The van der Waals surface area contributed by atoms with E-state index in [0.29, 0.717) is 4.91 Å². The van der Waals surface area contributed by atoms with Gasteiger partial charge in [-0.3, -0.25) is 19.3 Å². The fourth-order valence-corrected chi connectivity index (χ4v) is 4.17. The Kier molecular flexibility index (Phi) is 7.37. The summed E-state index contributed by atoms with van der Waals surface area (Å²) in [5, 5.41) is 2.43.